The Bertz CT molecular complexity index is 637. The topological polar surface area (TPSA) is 47.8 Å². The Balaban J connectivity index is 1.95. The van der Waals surface area contributed by atoms with Crippen LogP contribution in [0, 0.1) is 0 Å². The number of carbonyl (C=O) groups excluding carboxylic acids is 1. The van der Waals surface area contributed by atoms with Crippen molar-refractivity contribution in [3.05, 3.63) is 44.4 Å². The summed E-state index contributed by atoms with van der Waals surface area (Å²) in [5.41, 5.74) is 0.957. The number of benzene rings is 1. The predicted molar refractivity (Wildman–Crippen MR) is 86.9 cm³/mol. The Labute approximate surface area is 141 Å². The van der Waals surface area contributed by atoms with E-state index >= 15 is 0 Å². The van der Waals surface area contributed by atoms with E-state index in [-0.39, 0.29) is 12.2 Å². The largest absolute Gasteiger partial charge is 0.299 e. The Morgan fingerprint density at radius 3 is 2.57 bits per heavy atom. The second-order valence-electron chi connectivity index (χ2n) is 4.61. The minimum atomic E-state index is 0.112. The van der Waals surface area contributed by atoms with Gasteiger partial charge in [-0.2, -0.15) is 0 Å². The molecular weight excluding hydrogens is 377 g/mol. The summed E-state index contributed by atoms with van der Waals surface area (Å²) in [5, 5.41) is 5.32. The van der Waals surface area contributed by atoms with Gasteiger partial charge in [-0.3, -0.25) is 4.79 Å². The van der Waals surface area contributed by atoms with Crippen molar-refractivity contribution in [1.29, 1.82) is 0 Å². The standard InChI is InChI=1S/C14H14BrCl2N3O/c1-2-20-13(18-14(15)19-20)8-12(21)4-3-9-5-10(16)7-11(17)6-9/h5-7H,2-4,8H2,1H3. The van der Waals surface area contributed by atoms with Crippen molar-refractivity contribution >= 4 is 44.9 Å². The molecule has 0 radical (unpaired) electrons. The van der Waals surface area contributed by atoms with Crippen LogP contribution in [0.25, 0.3) is 0 Å². The van der Waals surface area contributed by atoms with Crippen LogP contribution in [0.4, 0.5) is 0 Å². The summed E-state index contributed by atoms with van der Waals surface area (Å²) in [6, 6.07) is 5.33. The number of hydrogen-bond donors (Lipinski definition) is 0. The maximum absolute atomic E-state index is 12.1. The fourth-order valence-corrected chi connectivity index (χ4v) is 3.00. The second kappa shape index (κ2) is 7.38. The van der Waals surface area contributed by atoms with E-state index in [0.29, 0.717) is 40.0 Å². The lowest BCUT2D eigenvalue weighted by atomic mass is 10.1. The van der Waals surface area contributed by atoms with Crippen molar-refractivity contribution < 1.29 is 4.79 Å². The van der Waals surface area contributed by atoms with Crippen LogP contribution in [0.2, 0.25) is 10.0 Å². The van der Waals surface area contributed by atoms with Gasteiger partial charge in [-0.25, -0.2) is 9.67 Å². The zero-order valence-electron chi connectivity index (χ0n) is 11.4. The first-order valence-corrected chi connectivity index (χ1v) is 8.08. The molecule has 0 aliphatic carbocycles. The second-order valence-corrected chi connectivity index (χ2v) is 6.19. The molecule has 7 heteroatoms. The van der Waals surface area contributed by atoms with Gasteiger partial charge in [0.15, 0.2) is 0 Å². The number of ketones is 1. The van der Waals surface area contributed by atoms with E-state index in [4.69, 9.17) is 23.2 Å². The highest BCUT2D eigenvalue weighted by molar-refractivity contribution is 9.10. The molecule has 0 N–H and O–H groups in total. The van der Waals surface area contributed by atoms with Crippen molar-refractivity contribution in [2.45, 2.75) is 32.7 Å². The Hall–Kier alpha value is -0.910. The number of rotatable bonds is 6. The van der Waals surface area contributed by atoms with E-state index in [1.165, 1.54) is 0 Å². The Morgan fingerprint density at radius 1 is 1.29 bits per heavy atom. The zero-order chi connectivity index (χ0) is 15.4. The van der Waals surface area contributed by atoms with Gasteiger partial charge in [0.05, 0.1) is 6.42 Å². The molecule has 4 nitrogen and oxygen atoms in total. The minimum absolute atomic E-state index is 0.112. The van der Waals surface area contributed by atoms with Crippen molar-refractivity contribution in [2.24, 2.45) is 0 Å². The molecule has 0 fully saturated rings. The van der Waals surface area contributed by atoms with Gasteiger partial charge < -0.3 is 0 Å². The highest BCUT2D eigenvalue weighted by Crippen LogP contribution is 2.20. The number of aromatic nitrogens is 3. The molecule has 2 rings (SSSR count). The number of hydrogen-bond acceptors (Lipinski definition) is 3. The molecule has 1 aromatic carbocycles. The van der Waals surface area contributed by atoms with E-state index in [1.54, 1.807) is 10.7 Å². The first-order valence-electron chi connectivity index (χ1n) is 6.54. The van der Waals surface area contributed by atoms with Crippen LogP contribution >= 0.6 is 39.1 Å². The summed E-state index contributed by atoms with van der Waals surface area (Å²) in [6.07, 6.45) is 1.31. The highest BCUT2D eigenvalue weighted by Gasteiger charge is 2.12. The summed E-state index contributed by atoms with van der Waals surface area (Å²) in [5.74, 6) is 0.791. The molecule has 1 aromatic heterocycles. The summed E-state index contributed by atoms with van der Waals surface area (Å²) >= 11 is 15.1. The molecule has 0 spiro atoms. The number of Topliss-reactive ketones (excluding diaryl/α,β-unsaturated/α-hetero) is 1. The molecule has 0 bridgehead atoms. The number of halogens is 3. The van der Waals surface area contributed by atoms with E-state index in [0.717, 1.165) is 5.56 Å². The average molecular weight is 391 g/mol. The highest BCUT2D eigenvalue weighted by atomic mass is 79.9. The van der Waals surface area contributed by atoms with Gasteiger partial charge in [-0.05, 0) is 53.0 Å². The smallest absolute Gasteiger partial charge is 0.217 e. The van der Waals surface area contributed by atoms with Crippen LogP contribution < -0.4 is 0 Å². The summed E-state index contributed by atoms with van der Waals surface area (Å²) in [7, 11) is 0. The summed E-state index contributed by atoms with van der Waals surface area (Å²) in [4.78, 5) is 16.3. The van der Waals surface area contributed by atoms with E-state index < -0.39 is 0 Å². The van der Waals surface area contributed by atoms with Gasteiger partial charge in [0.25, 0.3) is 0 Å². The lowest BCUT2D eigenvalue weighted by Crippen LogP contribution is -2.11. The zero-order valence-corrected chi connectivity index (χ0v) is 14.5. The molecule has 0 amide bonds. The maximum Gasteiger partial charge on any atom is 0.217 e. The fraction of sp³-hybridized carbons (Fsp3) is 0.357. The van der Waals surface area contributed by atoms with Crippen molar-refractivity contribution in [3.8, 4) is 0 Å². The molecule has 2 aromatic rings. The molecule has 0 unspecified atom stereocenters. The van der Waals surface area contributed by atoms with E-state index in [2.05, 4.69) is 26.0 Å². The van der Waals surface area contributed by atoms with Gasteiger partial charge in [0.1, 0.15) is 11.6 Å². The Kier molecular flexibility index (Phi) is 5.79. The molecule has 0 aliphatic rings. The van der Waals surface area contributed by atoms with Crippen LogP contribution in [0.1, 0.15) is 24.7 Å². The third kappa shape index (κ3) is 4.80. The molecule has 112 valence electrons. The average Bonchev–Trinajstić information content (AvgIpc) is 2.75. The number of carbonyl (C=O) groups is 1. The maximum atomic E-state index is 12.1. The first kappa shape index (κ1) is 16.5. The normalized spacial score (nSPS) is 10.9. The summed E-state index contributed by atoms with van der Waals surface area (Å²) < 4.78 is 2.23. The molecule has 0 atom stereocenters. The predicted octanol–water partition coefficient (Wildman–Crippen LogP) is 4.11. The van der Waals surface area contributed by atoms with Gasteiger partial charge in [0, 0.05) is 23.0 Å². The monoisotopic (exact) mass is 389 g/mol. The number of aryl methyl sites for hydroxylation is 2. The van der Waals surface area contributed by atoms with Gasteiger partial charge in [0.2, 0.25) is 4.73 Å². The van der Waals surface area contributed by atoms with Crippen LogP contribution in [-0.2, 0) is 24.2 Å². The molecule has 0 saturated heterocycles. The van der Waals surface area contributed by atoms with Gasteiger partial charge in [-0.1, -0.05) is 23.2 Å². The lowest BCUT2D eigenvalue weighted by molar-refractivity contribution is -0.118. The third-order valence-electron chi connectivity index (χ3n) is 2.99. The van der Waals surface area contributed by atoms with Crippen molar-refractivity contribution in [3.63, 3.8) is 0 Å². The lowest BCUT2D eigenvalue weighted by Gasteiger charge is -2.04. The summed E-state index contributed by atoms with van der Waals surface area (Å²) in [6.45, 7) is 2.65. The molecule has 1 heterocycles. The van der Waals surface area contributed by atoms with Gasteiger partial charge >= 0.3 is 0 Å². The SMILES string of the molecule is CCn1nc(Br)nc1CC(=O)CCc1cc(Cl)cc(Cl)c1. The van der Waals surface area contributed by atoms with E-state index in [9.17, 15) is 4.79 Å². The Morgan fingerprint density at radius 2 is 1.95 bits per heavy atom. The first-order chi connectivity index (χ1) is 9.97. The molecule has 0 aliphatic heterocycles. The molecule has 21 heavy (non-hydrogen) atoms. The number of nitrogens with zero attached hydrogens (tertiary/aromatic N) is 3. The molecule has 0 saturated carbocycles. The quantitative estimate of drug-likeness (QED) is 0.745. The van der Waals surface area contributed by atoms with Gasteiger partial charge in [-0.15, -0.1) is 5.10 Å². The molecular formula is C14H14BrCl2N3O. The fourth-order valence-electron chi connectivity index (χ4n) is 2.03. The van der Waals surface area contributed by atoms with E-state index in [1.807, 2.05) is 19.1 Å². The third-order valence-corrected chi connectivity index (χ3v) is 3.76. The van der Waals surface area contributed by atoms with Crippen LogP contribution in [-0.4, -0.2) is 20.5 Å². The van der Waals surface area contributed by atoms with Crippen LogP contribution in [0.5, 0.6) is 0 Å². The van der Waals surface area contributed by atoms with Crippen LogP contribution in [0.15, 0.2) is 22.9 Å². The van der Waals surface area contributed by atoms with Crippen LogP contribution in [0.3, 0.4) is 0 Å². The minimum Gasteiger partial charge on any atom is -0.299 e. The van der Waals surface area contributed by atoms with Crippen molar-refractivity contribution in [1.82, 2.24) is 14.8 Å². The van der Waals surface area contributed by atoms with Crippen molar-refractivity contribution in [2.75, 3.05) is 0 Å².